The highest BCUT2D eigenvalue weighted by molar-refractivity contribution is 5.85. The van der Waals surface area contributed by atoms with E-state index in [1.807, 2.05) is 6.92 Å². The van der Waals surface area contributed by atoms with Crippen molar-refractivity contribution >= 4 is 12.4 Å². The molecule has 0 aliphatic heterocycles. The average molecular weight is 270 g/mol. The molecule has 0 fully saturated rings. The Labute approximate surface area is 104 Å². The first kappa shape index (κ1) is 16.1. The summed E-state index contributed by atoms with van der Waals surface area (Å²) < 4.78 is 37.3. The van der Waals surface area contributed by atoms with Gasteiger partial charge >= 0.3 is 6.18 Å². The van der Waals surface area contributed by atoms with E-state index in [1.54, 1.807) is 0 Å². The molecule has 0 aliphatic rings. The lowest BCUT2D eigenvalue weighted by Gasteiger charge is -2.15. The third kappa shape index (κ3) is 4.09. The van der Waals surface area contributed by atoms with E-state index in [1.165, 1.54) is 0 Å². The van der Waals surface area contributed by atoms with Crippen molar-refractivity contribution in [1.82, 2.24) is 0 Å². The zero-order chi connectivity index (χ0) is 12.3. The Hall–Kier alpha value is -0.940. The van der Waals surface area contributed by atoms with Gasteiger partial charge in [-0.25, -0.2) is 0 Å². The molecule has 0 heterocycles. The van der Waals surface area contributed by atoms with E-state index >= 15 is 0 Å². The summed E-state index contributed by atoms with van der Waals surface area (Å²) in [5.74, 6) is -0.186. The Bertz CT molecular complexity index is 368. The predicted molar refractivity (Wildman–Crippen MR) is 62.2 cm³/mol. The second kappa shape index (κ2) is 6.12. The van der Waals surface area contributed by atoms with Gasteiger partial charge in [0.2, 0.25) is 0 Å². The monoisotopic (exact) mass is 269 g/mol. The Morgan fingerprint density at radius 2 is 1.94 bits per heavy atom. The highest BCUT2D eigenvalue weighted by atomic mass is 35.5. The van der Waals surface area contributed by atoms with Gasteiger partial charge in [0.05, 0.1) is 5.56 Å². The van der Waals surface area contributed by atoms with E-state index < -0.39 is 17.8 Å². The maximum Gasteiger partial charge on any atom is 0.416 e. The lowest BCUT2D eigenvalue weighted by molar-refractivity contribution is -0.137. The molecule has 98 valence electrons. The van der Waals surface area contributed by atoms with Gasteiger partial charge in [0.15, 0.2) is 0 Å². The van der Waals surface area contributed by atoms with Crippen LogP contribution in [0, 0.1) is 0 Å². The lowest BCUT2D eigenvalue weighted by atomic mass is 10.00. The number of phenolic OH excluding ortho intramolecular Hbond substituents is 1. The summed E-state index contributed by atoms with van der Waals surface area (Å²) in [5, 5.41) is 9.45. The molecule has 3 N–H and O–H groups in total. The van der Waals surface area contributed by atoms with Crippen LogP contribution >= 0.6 is 12.4 Å². The maximum atomic E-state index is 12.4. The fourth-order valence-corrected chi connectivity index (χ4v) is 1.49. The van der Waals surface area contributed by atoms with Gasteiger partial charge in [0.25, 0.3) is 0 Å². The minimum Gasteiger partial charge on any atom is -0.508 e. The molecule has 0 radical (unpaired) electrons. The van der Waals surface area contributed by atoms with Gasteiger partial charge in [0, 0.05) is 11.6 Å². The standard InChI is InChI=1S/C11H14F3NO.ClH/c1-2-3-9(15)8-6-7(11(12,13)14)4-5-10(8)16;/h4-6,9,16H,2-3,15H2,1H3;1H/t9-;/m0./s1. The molecule has 1 aromatic rings. The first-order valence-corrected chi connectivity index (χ1v) is 5.02. The third-order valence-corrected chi connectivity index (χ3v) is 2.35. The summed E-state index contributed by atoms with van der Waals surface area (Å²) >= 11 is 0. The van der Waals surface area contributed by atoms with E-state index in [4.69, 9.17) is 5.73 Å². The van der Waals surface area contributed by atoms with Crippen LogP contribution in [0.1, 0.15) is 36.9 Å². The zero-order valence-electron chi connectivity index (χ0n) is 9.29. The summed E-state index contributed by atoms with van der Waals surface area (Å²) in [6.07, 6.45) is -3.12. The van der Waals surface area contributed by atoms with Crippen LogP contribution in [0.3, 0.4) is 0 Å². The minimum atomic E-state index is -4.41. The van der Waals surface area contributed by atoms with Crippen LogP contribution in [-0.4, -0.2) is 5.11 Å². The summed E-state index contributed by atoms with van der Waals surface area (Å²) in [5.41, 5.74) is 5.06. The predicted octanol–water partition coefficient (Wildman–Crippen LogP) is 3.63. The van der Waals surface area contributed by atoms with Crippen LogP contribution in [0.15, 0.2) is 18.2 Å². The van der Waals surface area contributed by atoms with Gasteiger partial charge in [-0.1, -0.05) is 13.3 Å². The van der Waals surface area contributed by atoms with Crippen molar-refractivity contribution in [2.45, 2.75) is 32.0 Å². The van der Waals surface area contributed by atoms with Crippen LogP contribution in [0.5, 0.6) is 5.75 Å². The molecular formula is C11H15ClF3NO. The summed E-state index contributed by atoms with van der Waals surface area (Å²) in [4.78, 5) is 0. The van der Waals surface area contributed by atoms with Gasteiger partial charge < -0.3 is 10.8 Å². The van der Waals surface area contributed by atoms with Gasteiger partial charge in [-0.2, -0.15) is 13.2 Å². The second-order valence-electron chi connectivity index (χ2n) is 3.67. The normalized spacial score (nSPS) is 13.0. The maximum absolute atomic E-state index is 12.4. The fraction of sp³-hybridized carbons (Fsp3) is 0.455. The quantitative estimate of drug-likeness (QED) is 0.880. The molecule has 0 aromatic heterocycles. The molecule has 1 aromatic carbocycles. The van der Waals surface area contributed by atoms with Crippen LogP contribution in [0.25, 0.3) is 0 Å². The fourth-order valence-electron chi connectivity index (χ4n) is 1.49. The molecule has 2 nitrogen and oxygen atoms in total. The van der Waals surface area contributed by atoms with Crippen molar-refractivity contribution in [1.29, 1.82) is 0 Å². The number of aromatic hydroxyl groups is 1. The topological polar surface area (TPSA) is 46.2 Å². The number of halogens is 4. The molecule has 0 aliphatic carbocycles. The highest BCUT2D eigenvalue weighted by Gasteiger charge is 2.31. The average Bonchev–Trinajstić information content (AvgIpc) is 2.16. The van der Waals surface area contributed by atoms with E-state index in [-0.39, 0.29) is 23.7 Å². The molecule has 0 saturated carbocycles. The highest BCUT2D eigenvalue weighted by Crippen LogP contribution is 2.34. The first-order valence-electron chi connectivity index (χ1n) is 5.02. The molecule has 1 rings (SSSR count). The van der Waals surface area contributed by atoms with Crippen molar-refractivity contribution in [3.8, 4) is 5.75 Å². The van der Waals surface area contributed by atoms with Gasteiger partial charge in [-0.15, -0.1) is 12.4 Å². The summed E-state index contributed by atoms with van der Waals surface area (Å²) in [6.45, 7) is 1.88. The number of benzene rings is 1. The molecule has 0 saturated heterocycles. The molecule has 0 bridgehead atoms. The van der Waals surface area contributed by atoms with E-state index in [9.17, 15) is 18.3 Å². The van der Waals surface area contributed by atoms with Crippen LogP contribution in [-0.2, 0) is 6.18 Å². The molecule has 1 atom stereocenters. The molecule has 0 unspecified atom stereocenters. The van der Waals surface area contributed by atoms with E-state index in [0.717, 1.165) is 24.6 Å². The summed E-state index contributed by atoms with van der Waals surface area (Å²) in [7, 11) is 0. The van der Waals surface area contributed by atoms with Crippen LogP contribution in [0.2, 0.25) is 0 Å². The largest absolute Gasteiger partial charge is 0.508 e. The van der Waals surface area contributed by atoms with Gasteiger partial charge in [-0.05, 0) is 24.6 Å². The van der Waals surface area contributed by atoms with Crippen molar-refractivity contribution in [3.63, 3.8) is 0 Å². The van der Waals surface area contributed by atoms with E-state index in [0.29, 0.717) is 6.42 Å². The zero-order valence-corrected chi connectivity index (χ0v) is 10.1. The second-order valence-corrected chi connectivity index (χ2v) is 3.67. The number of rotatable bonds is 3. The smallest absolute Gasteiger partial charge is 0.416 e. The first-order chi connectivity index (χ1) is 7.36. The third-order valence-electron chi connectivity index (χ3n) is 2.35. The number of phenols is 1. The molecule has 0 amide bonds. The number of hydrogen-bond donors (Lipinski definition) is 2. The van der Waals surface area contributed by atoms with Crippen molar-refractivity contribution < 1.29 is 18.3 Å². The van der Waals surface area contributed by atoms with Crippen molar-refractivity contribution in [2.24, 2.45) is 5.73 Å². The Kier molecular flexibility index (Phi) is 5.78. The molecular weight excluding hydrogens is 255 g/mol. The van der Waals surface area contributed by atoms with Crippen molar-refractivity contribution in [3.05, 3.63) is 29.3 Å². The van der Waals surface area contributed by atoms with Crippen molar-refractivity contribution in [2.75, 3.05) is 0 Å². The Morgan fingerprint density at radius 3 is 2.41 bits per heavy atom. The van der Waals surface area contributed by atoms with Crippen LogP contribution < -0.4 is 5.73 Å². The summed E-state index contributed by atoms with van der Waals surface area (Å²) in [6, 6.07) is 2.23. The molecule has 6 heteroatoms. The molecule has 0 spiro atoms. The number of hydrogen-bond acceptors (Lipinski definition) is 2. The van der Waals surface area contributed by atoms with E-state index in [2.05, 4.69) is 0 Å². The Balaban J connectivity index is 0.00000256. The Morgan fingerprint density at radius 1 is 1.35 bits per heavy atom. The molecule has 17 heavy (non-hydrogen) atoms. The van der Waals surface area contributed by atoms with Crippen LogP contribution in [0.4, 0.5) is 13.2 Å². The van der Waals surface area contributed by atoms with Gasteiger partial charge in [0.1, 0.15) is 5.75 Å². The van der Waals surface area contributed by atoms with Gasteiger partial charge in [-0.3, -0.25) is 0 Å². The SMILES string of the molecule is CCC[C@H](N)c1cc(C(F)(F)F)ccc1O.Cl. The number of alkyl halides is 3. The minimum absolute atomic E-state index is 0. The number of nitrogens with two attached hydrogens (primary N) is 1. The lowest BCUT2D eigenvalue weighted by Crippen LogP contribution is -2.12.